The second kappa shape index (κ2) is 9.00. The number of fused-ring (bicyclic) bond motifs is 2. The smallest absolute Gasteiger partial charge is 0.200 e. The molecular weight excluding hydrogens is 463 g/mol. The number of benzene rings is 3. The first-order chi connectivity index (χ1) is 16.0. The molecule has 5 rings (SSSR count). The Morgan fingerprint density at radius 1 is 0.939 bits per heavy atom. The van der Waals surface area contributed by atoms with Crippen LogP contribution < -0.4 is 19.6 Å². The minimum atomic E-state index is -0.116. The predicted octanol–water partition coefficient (Wildman–Crippen LogP) is 6.68. The fraction of sp³-hybridized carbons (Fsp3) is 0.192. The van der Waals surface area contributed by atoms with Crippen LogP contribution in [-0.2, 0) is 13.0 Å². The Morgan fingerprint density at radius 2 is 1.76 bits per heavy atom. The Labute approximate surface area is 200 Å². The summed E-state index contributed by atoms with van der Waals surface area (Å²) < 4.78 is 23.1. The van der Waals surface area contributed by atoms with Gasteiger partial charge in [-0.05, 0) is 47.9 Å². The zero-order valence-electron chi connectivity index (χ0n) is 17.8. The number of aryl methyl sites for hydroxylation is 1. The van der Waals surface area contributed by atoms with Crippen LogP contribution in [0.3, 0.4) is 0 Å². The zero-order chi connectivity index (χ0) is 22.9. The molecule has 33 heavy (non-hydrogen) atoms. The highest BCUT2D eigenvalue weighted by Gasteiger charge is 2.17. The van der Waals surface area contributed by atoms with Crippen molar-refractivity contribution in [3.05, 3.63) is 86.2 Å². The maximum absolute atomic E-state index is 13.3. The molecular formula is C26H20Cl2O5. The van der Waals surface area contributed by atoms with Crippen LogP contribution in [0.4, 0.5) is 0 Å². The standard InChI is InChI=1S/C26H20Cl2O5/c1-2-15-9-19-24(12-23(15)32-13-17-3-5-18(27)11-21(17)28)33-14-20(26(19)29)16-4-6-22-25(10-16)31-8-7-30-22/h3-6,9-12,14H,2,7-8,13H2,1H3. The van der Waals surface area contributed by atoms with Crippen LogP contribution in [0.25, 0.3) is 22.1 Å². The van der Waals surface area contributed by atoms with Gasteiger partial charge in [0.05, 0.1) is 10.9 Å². The van der Waals surface area contributed by atoms with Crippen molar-refractivity contribution in [3.8, 4) is 28.4 Å². The van der Waals surface area contributed by atoms with Gasteiger partial charge in [-0.25, -0.2) is 0 Å². The summed E-state index contributed by atoms with van der Waals surface area (Å²) in [6, 6.07) is 14.3. The van der Waals surface area contributed by atoms with Gasteiger partial charge < -0.3 is 18.6 Å². The van der Waals surface area contributed by atoms with E-state index in [-0.39, 0.29) is 12.0 Å². The average Bonchev–Trinajstić information content (AvgIpc) is 2.83. The summed E-state index contributed by atoms with van der Waals surface area (Å²) >= 11 is 12.2. The van der Waals surface area contributed by atoms with E-state index in [1.807, 2.05) is 31.2 Å². The minimum Gasteiger partial charge on any atom is -0.488 e. The van der Waals surface area contributed by atoms with Crippen LogP contribution in [0.5, 0.6) is 17.2 Å². The quantitative estimate of drug-likeness (QED) is 0.317. The van der Waals surface area contributed by atoms with Crippen LogP contribution >= 0.6 is 23.2 Å². The first-order valence-electron chi connectivity index (χ1n) is 10.6. The van der Waals surface area contributed by atoms with Gasteiger partial charge in [0.25, 0.3) is 0 Å². The molecule has 1 aliphatic rings. The topological polar surface area (TPSA) is 57.9 Å². The van der Waals surface area contributed by atoms with Gasteiger partial charge in [-0.3, -0.25) is 4.79 Å². The zero-order valence-corrected chi connectivity index (χ0v) is 19.3. The fourth-order valence-corrected chi connectivity index (χ4v) is 4.28. The third kappa shape index (κ3) is 4.26. The van der Waals surface area contributed by atoms with E-state index in [1.165, 1.54) is 6.26 Å². The summed E-state index contributed by atoms with van der Waals surface area (Å²) in [6.07, 6.45) is 2.16. The van der Waals surface area contributed by atoms with Crippen molar-refractivity contribution in [3.63, 3.8) is 0 Å². The molecule has 0 saturated heterocycles. The van der Waals surface area contributed by atoms with E-state index in [9.17, 15) is 4.79 Å². The monoisotopic (exact) mass is 482 g/mol. The van der Waals surface area contributed by atoms with Crippen molar-refractivity contribution in [2.75, 3.05) is 13.2 Å². The molecule has 168 valence electrons. The summed E-state index contributed by atoms with van der Waals surface area (Å²) in [5.41, 5.74) is 3.23. The molecule has 7 heteroatoms. The average molecular weight is 483 g/mol. The molecule has 1 aliphatic heterocycles. The van der Waals surface area contributed by atoms with Gasteiger partial charge in [0.1, 0.15) is 37.4 Å². The van der Waals surface area contributed by atoms with Gasteiger partial charge in [0, 0.05) is 21.7 Å². The third-order valence-corrected chi connectivity index (χ3v) is 6.18. The minimum absolute atomic E-state index is 0.116. The van der Waals surface area contributed by atoms with E-state index in [0.717, 1.165) is 11.1 Å². The SMILES string of the molecule is CCc1cc2c(=O)c(-c3ccc4c(c3)OCCO4)coc2cc1OCc1ccc(Cl)cc1Cl. The maximum Gasteiger partial charge on any atom is 0.200 e. The van der Waals surface area contributed by atoms with E-state index >= 15 is 0 Å². The molecule has 5 nitrogen and oxygen atoms in total. The molecule has 0 saturated carbocycles. The Kier molecular flexibility index (Phi) is 5.92. The number of rotatable bonds is 5. The summed E-state index contributed by atoms with van der Waals surface area (Å²) in [7, 11) is 0. The third-order valence-electron chi connectivity index (χ3n) is 5.59. The Bertz CT molecular complexity index is 1410. The van der Waals surface area contributed by atoms with Gasteiger partial charge in [-0.15, -0.1) is 0 Å². The lowest BCUT2D eigenvalue weighted by atomic mass is 10.0. The molecule has 4 aromatic rings. The predicted molar refractivity (Wildman–Crippen MR) is 129 cm³/mol. The summed E-state index contributed by atoms with van der Waals surface area (Å²) in [6.45, 7) is 3.27. The Hall–Kier alpha value is -3.15. The molecule has 0 N–H and O–H groups in total. The highest BCUT2D eigenvalue weighted by Crippen LogP contribution is 2.35. The first kappa shape index (κ1) is 21.7. The van der Waals surface area contributed by atoms with Crippen molar-refractivity contribution < 1.29 is 18.6 Å². The van der Waals surface area contributed by atoms with Crippen molar-refractivity contribution in [2.24, 2.45) is 0 Å². The van der Waals surface area contributed by atoms with Gasteiger partial charge in [-0.1, -0.05) is 42.3 Å². The normalized spacial score (nSPS) is 12.7. The van der Waals surface area contributed by atoms with Crippen molar-refractivity contribution in [2.45, 2.75) is 20.0 Å². The van der Waals surface area contributed by atoms with Crippen LogP contribution in [0, 0.1) is 0 Å². The molecule has 1 aromatic heterocycles. The van der Waals surface area contributed by atoms with Gasteiger partial charge in [0.2, 0.25) is 5.43 Å². The summed E-state index contributed by atoms with van der Waals surface area (Å²) in [5.74, 6) is 1.94. The molecule has 2 heterocycles. The Balaban J connectivity index is 1.50. The number of hydrogen-bond acceptors (Lipinski definition) is 5. The highest BCUT2D eigenvalue weighted by atomic mass is 35.5. The lowest BCUT2D eigenvalue weighted by Crippen LogP contribution is -2.15. The van der Waals surface area contributed by atoms with Crippen molar-refractivity contribution >= 4 is 34.2 Å². The van der Waals surface area contributed by atoms with Crippen molar-refractivity contribution in [1.82, 2.24) is 0 Å². The molecule has 0 aliphatic carbocycles. The molecule has 0 radical (unpaired) electrons. The van der Waals surface area contributed by atoms with Gasteiger partial charge in [0.15, 0.2) is 11.5 Å². The van der Waals surface area contributed by atoms with E-state index in [2.05, 4.69) is 0 Å². The van der Waals surface area contributed by atoms with Gasteiger partial charge >= 0.3 is 0 Å². The number of ether oxygens (including phenoxy) is 3. The van der Waals surface area contributed by atoms with Crippen LogP contribution in [-0.4, -0.2) is 13.2 Å². The highest BCUT2D eigenvalue weighted by molar-refractivity contribution is 6.35. The maximum atomic E-state index is 13.3. The fourth-order valence-electron chi connectivity index (χ4n) is 3.82. The molecule has 3 aromatic carbocycles. The molecule has 0 atom stereocenters. The Morgan fingerprint density at radius 3 is 2.55 bits per heavy atom. The van der Waals surface area contributed by atoms with Crippen LogP contribution in [0.15, 0.2) is 64.0 Å². The molecule has 0 unspecified atom stereocenters. The van der Waals surface area contributed by atoms with Crippen molar-refractivity contribution in [1.29, 1.82) is 0 Å². The van der Waals surface area contributed by atoms with E-state index < -0.39 is 0 Å². The molecule has 0 fully saturated rings. The molecule has 0 bridgehead atoms. The number of hydrogen-bond donors (Lipinski definition) is 0. The largest absolute Gasteiger partial charge is 0.488 e. The van der Waals surface area contributed by atoms with E-state index in [0.29, 0.717) is 69.0 Å². The van der Waals surface area contributed by atoms with Crippen LogP contribution in [0.1, 0.15) is 18.1 Å². The summed E-state index contributed by atoms with van der Waals surface area (Å²) in [4.78, 5) is 13.3. The molecule has 0 amide bonds. The van der Waals surface area contributed by atoms with E-state index in [1.54, 1.807) is 24.3 Å². The lowest BCUT2D eigenvalue weighted by molar-refractivity contribution is 0.171. The van der Waals surface area contributed by atoms with Crippen LogP contribution in [0.2, 0.25) is 10.0 Å². The lowest BCUT2D eigenvalue weighted by Gasteiger charge is -2.18. The first-order valence-corrected chi connectivity index (χ1v) is 11.3. The second-order valence-corrected chi connectivity index (χ2v) is 8.51. The number of halogens is 2. The second-order valence-electron chi connectivity index (χ2n) is 7.67. The summed E-state index contributed by atoms with van der Waals surface area (Å²) in [5, 5.41) is 1.60. The van der Waals surface area contributed by atoms with E-state index in [4.69, 9.17) is 41.8 Å². The van der Waals surface area contributed by atoms with Gasteiger partial charge in [-0.2, -0.15) is 0 Å². The molecule has 0 spiro atoms.